The van der Waals surface area contributed by atoms with Crippen molar-refractivity contribution in [2.75, 3.05) is 0 Å². The largest absolute Gasteiger partial charge is 0.461 e. The summed E-state index contributed by atoms with van der Waals surface area (Å²) in [6.45, 7) is 1.71. The normalized spacial score (nSPS) is 13.8. The van der Waals surface area contributed by atoms with Crippen LogP contribution in [0.4, 0.5) is 13.2 Å². The molecule has 3 aromatic rings. The Labute approximate surface area is 155 Å². The summed E-state index contributed by atoms with van der Waals surface area (Å²) < 4.78 is 70.5. The van der Waals surface area contributed by atoms with Crippen LogP contribution < -0.4 is 4.72 Å². The fourth-order valence-corrected chi connectivity index (χ4v) is 4.25. The highest BCUT2D eigenvalue weighted by atomic mass is 32.2. The molecule has 0 saturated heterocycles. The van der Waals surface area contributed by atoms with Gasteiger partial charge in [-0.3, -0.25) is 0 Å². The van der Waals surface area contributed by atoms with Crippen molar-refractivity contribution in [1.82, 2.24) is 4.72 Å². The second-order valence-corrected chi connectivity index (χ2v) is 8.18. The predicted octanol–water partition coefficient (Wildman–Crippen LogP) is 4.50. The summed E-state index contributed by atoms with van der Waals surface area (Å²) in [5, 5.41) is 0.937. The maximum atomic E-state index is 12.6. The van der Waals surface area contributed by atoms with Crippen molar-refractivity contribution in [3.63, 3.8) is 0 Å². The summed E-state index contributed by atoms with van der Waals surface area (Å²) in [5.74, 6) is 0.260. The van der Waals surface area contributed by atoms with Crippen LogP contribution in [0.15, 0.2) is 59.0 Å². The topological polar surface area (TPSA) is 59.3 Å². The summed E-state index contributed by atoms with van der Waals surface area (Å²) >= 11 is 0. The van der Waals surface area contributed by atoms with E-state index in [0.29, 0.717) is 12.2 Å². The second kappa shape index (κ2) is 7.36. The molecule has 3 rings (SSSR count). The first-order valence-corrected chi connectivity index (χ1v) is 9.91. The van der Waals surface area contributed by atoms with E-state index < -0.39 is 33.6 Å². The molecule has 1 atom stereocenters. The number of rotatable bonds is 6. The summed E-state index contributed by atoms with van der Waals surface area (Å²) in [4.78, 5) is 0. The smallest absolute Gasteiger partial charge is 0.416 e. The van der Waals surface area contributed by atoms with Crippen LogP contribution >= 0.6 is 0 Å². The molecule has 1 heterocycles. The second-order valence-electron chi connectivity index (χ2n) is 6.43. The van der Waals surface area contributed by atoms with Crippen molar-refractivity contribution in [1.29, 1.82) is 0 Å². The van der Waals surface area contributed by atoms with Gasteiger partial charge in [-0.05, 0) is 36.8 Å². The number of nitrogens with one attached hydrogen (secondary N) is 1. The zero-order valence-corrected chi connectivity index (χ0v) is 15.3. The number of halogens is 3. The van der Waals surface area contributed by atoms with Crippen molar-refractivity contribution in [3.8, 4) is 0 Å². The van der Waals surface area contributed by atoms with Gasteiger partial charge >= 0.3 is 6.18 Å². The molecule has 144 valence electrons. The van der Waals surface area contributed by atoms with Gasteiger partial charge < -0.3 is 4.42 Å². The molecule has 2 aromatic carbocycles. The molecule has 0 fully saturated rings. The maximum Gasteiger partial charge on any atom is 0.416 e. The molecular formula is C19H18F3NO3S. The van der Waals surface area contributed by atoms with Crippen LogP contribution in [0.5, 0.6) is 0 Å². The molecule has 0 aliphatic heterocycles. The Balaban J connectivity index is 1.63. The highest BCUT2D eigenvalue weighted by Crippen LogP contribution is 2.29. The minimum Gasteiger partial charge on any atom is -0.461 e. The van der Waals surface area contributed by atoms with Crippen LogP contribution in [0.2, 0.25) is 0 Å². The Kier molecular flexibility index (Phi) is 5.30. The minimum absolute atomic E-state index is 0.284. The van der Waals surface area contributed by atoms with Crippen LogP contribution in [0.1, 0.15) is 23.8 Å². The summed E-state index contributed by atoms with van der Waals surface area (Å²) in [5.41, 5.74) is 0.202. The lowest BCUT2D eigenvalue weighted by molar-refractivity contribution is -0.137. The van der Waals surface area contributed by atoms with Gasteiger partial charge in [0.15, 0.2) is 0 Å². The van der Waals surface area contributed by atoms with Crippen LogP contribution in [-0.4, -0.2) is 14.5 Å². The van der Waals surface area contributed by atoms with Crippen LogP contribution in [0, 0.1) is 0 Å². The Hall–Kier alpha value is -2.32. The summed E-state index contributed by atoms with van der Waals surface area (Å²) in [6, 6.07) is 13.0. The van der Waals surface area contributed by atoms with Gasteiger partial charge in [0, 0.05) is 17.8 Å². The molecule has 1 N–H and O–H groups in total. The van der Waals surface area contributed by atoms with Crippen molar-refractivity contribution < 1.29 is 26.0 Å². The molecule has 8 heteroatoms. The number of fused-ring (bicyclic) bond motifs is 1. The van der Waals surface area contributed by atoms with Crippen LogP contribution in [0.25, 0.3) is 11.0 Å². The lowest BCUT2D eigenvalue weighted by atomic mass is 10.1. The highest BCUT2D eigenvalue weighted by molar-refractivity contribution is 7.88. The third-order valence-corrected chi connectivity index (χ3v) is 5.48. The minimum atomic E-state index is -4.45. The highest BCUT2D eigenvalue weighted by Gasteiger charge is 2.30. The van der Waals surface area contributed by atoms with E-state index in [-0.39, 0.29) is 5.56 Å². The van der Waals surface area contributed by atoms with E-state index in [1.165, 1.54) is 12.1 Å². The van der Waals surface area contributed by atoms with Gasteiger partial charge in [-0.2, -0.15) is 13.2 Å². The van der Waals surface area contributed by atoms with Crippen molar-refractivity contribution in [3.05, 3.63) is 71.5 Å². The van der Waals surface area contributed by atoms with Gasteiger partial charge in [0.05, 0.1) is 11.3 Å². The predicted molar refractivity (Wildman–Crippen MR) is 96.6 cm³/mol. The Morgan fingerprint density at radius 3 is 2.37 bits per heavy atom. The zero-order valence-electron chi connectivity index (χ0n) is 14.5. The van der Waals surface area contributed by atoms with Crippen molar-refractivity contribution in [2.45, 2.75) is 31.3 Å². The van der Waals surface area contributed by atoms with Crippen LogP contribution in [-0.2, 0) is 28.4 Å². The Bertz CT molecular complexity index is 991. The van der Waals surface area contributed by atoms with E-state index in [1.807, 2.05) is 30.3 Å². The molecule has 0 saturated carbocycles. The maximum absolute atomic E-state index is 12.6. The number of hydrogen-bond acceptors (Lipinski definition) is 3. The van der Waals surface area contributed by atoms with E-state index in [2.05, 4.69) is 4.72 Å². The third-order valence-electron chi connectivity index (χ3n) is 4.00. The molecule has 0 amide bonds. The molecule has 0 aliphatic carbocycles. The van der Waals surface area contributed by atoms with Gasteiger partial charge in [-0.25, -0.2) is 13.1 Å². The molecule has 27 heavy (non-hydrogen) atoms. The SMILES string of the molecule is C[C@H](Cc1cc2ccccc2o1)NS(=O)(=O)Cc1ccc(C(F)(F)F)cc1. The Morgan fingerprint density at radius 2 is 1.74 bits per heavy atom. The first kappa shape index (κ1) is 19.4. The molecule has 0 unspecified atom stereocenters. The van der Waals surface area contributed by atoms with E-state index in [1.54, 1.807) is 6.92 Å². The third kappa shape index (κ3) is 5.11. The van der Waals surface area contributed by atoms with Gasteiger partial charge in [0.2, 0.25) is 10.0 Å². The average Bonchev–Trinajstić information content (AvgIpc) is 2.95. The van der Waals surface area contributed by atoms with E-state index in [0.717, 1.165) is 23.1 Å². The van der Waals surface area contributed by atoms with Gasteiger partial charge in [-0.15, -0.1) is 0 Å². The number of para-hydroxylation sites is 1. The number of alkyl halides is 3. The summed E-state index contributed by atoms with van der Waals surface area (Å²) in [7, 11) is -3.71. The van der Waals surface area contributed by atoms with E-state index in [4.69, 9.17) is 4.42 Å². The molecule has 0 aliphatic rings. The number of benzene rings is 2. The Morgan fingerprint density at radius 1 is 1.07 bits per heavy atom. The van der Waals surface area contributed by atoms with Crippen molar-refractivity contribution in [2.24, 2.45) is 0 Å². The van der Waals surface area contributed by atoms with Crippen LogP contribution in [0.3, 0.4) is 0 Å². The number of furan rings is 1. The molecule has 0 spiro atoms. The van der Waals surface area contributed by atoms with E-state index >= 15 is 0 Å². The summed E-state index contributed by atoms with van der Waals surface area (Å²) in [6.07, 6.45) is -4.09. The zero-order chi connectivity index (χ0) is 19.7. The van der Waals surface area contributed by atoms with Gasteiger partial charge in [0.1, 0.15) is 11.3 Å². The van der Waals surface area contributed by atoms with E-state index in [9.17, 15) is 21.6 Å². The molecule has 4 nitrogen and oxygen atoms in total. The standard InChI is InChI=1S/C19H18F3NO3S/c1-13(10-17-11-15-4-2-3-5-18(15)26-17)23-27(24,25)12-14-6-8-16(9-7-14)19(20,21)22/h2-9,11,13,23H,10,12H2,1H3/t13-/m1/s1. The molecular weight excluding hydrogens is 379 g/mol. The molecule has 0 radical (unpaired) electrons. The van der Waals surface area contributed by atoms with Gasteiger partial charge in [-0.1, -0.05) is 30.3 Å². The fourth-order valence-electron chi connectivity index (χ4n) is 2.84. The first-order valence-electron chi connectivity index (χ1n) is 8.26. The fraction of sp³-hybridized carbons (Fsp3) is 0.263. The monoisotopic (exact) mass is 397 g/mol. The lowest BCUT2D eigenvalue weighted by Crippen LogP contribution is -2.34. The lowest BCUT2D eigenvalue weighted by Gasteiger charge is -2.13. The molecule has 0 bridgehead atoms. The molecule has 1 aromatic heterocycles. The average molecular weight is 397 g/mol. The van der Waals surface area contributed by atoms with Gasteiger partial charge in [0.25, 0.3) is 0 Å². The number of hydrogen-bond donors (Lipinski definition) is 1. The quantitative estimate of drug-likeness (QED) is 0.666. The van der Waals surface area contributed by atoms with Crippen molar-refractivity contribution >= 4 is 21.0 Å². The number of sulfonamides is 1. The first-order chi connectivity index (χ1) is 12.6.